The van der Waals surface area contributed by atoms with Gasteiger partial charge in [0.25, 0.3) is 5.91 Å². The molecule has 22 heavy (non-hydrogen) atoms. The van der Waals surface area contributed by atoms with E-state index in [1.807, 2.05) is 32.4 Å². The fourth-order valence-corrected chi connectivity index (χ4v) is 2.62. The van der Waals surface area contributed by atoms with Crippen molar-refractivity contribution in [1.82, 2.24) is 24.9 Å². The first kappa shape index (κ1) is 16.5. The maximum Gasteiger partial charge on any atom is 0.255 e. The zero-order valence-corrected chi connectivity index (χ0v) is 14.2. The number of rotatable bonds is 6. The Kier molecular flexibility index (Phi) is 5.24. The van der Waals surface area contributed by atoms with Crippen molar-refractivity contribution >= 4 is 17.5 Å². The molecule has 2 heterocycles. The highest BCUT2D eigenvalue weighted by molar-refractivity contribution is 6.31. The molecule has 0 fully saturated rings. The van der Waals surface area contributed by atoms with Crippen LogP contribution in [0.1, 0.15) is 40.8 Å². The van der Waals surface area contributed by atoms with Crippen LogP contribution in [0.25, 0.3) is 0 Å². The van der Waals surface area contributed by atoms with E-state index >= 15 is 0 Å². The summed E-state index contributed by atoms with van der Waals surface area (Å²) in [5.74, 6) is -0.0654. The predicted octanol–water partition coefficient (Wildman–Crippen LogP) is 2.50. The van der Waals surface area contributed by atoms with Crippen molar-refractivity contribution in [2.24, 2.45) is 0 Å². The van der Waals surface area contributed by atoms with Gasteiger partial charge in [-0.15, -0.1) is 0 Å². The first-order valence-corrected chi connectivity index (χ1v) is 7.83. The topological polar surface area (TPSA) is 64.7 Å². The smallest absolute Gasteiger partial charge is 0.255 e. The molecule has 2 rings (SSSR count). The number of carbonyl (C=O) groups is 1. The van der Waals surface area contributed by atoms with Crippen LogP contribution < -0.4 is 5.32 Å². The SMILES string of the molecule is CCn1nc(C)c(C(=O)NCCCn2cc(Cl)c(C)n2)c1C. The van der Waals surface area contributed by atoms with Crippen LogP contribution in [0, 0.1) is 20.8 Å². The van der Waals surface area contributed by atoms with Gasteiger partial charge in [-0.25, -0.2) is 0 Å². The zero-order chi connectivity index (χ0) is 16.3. The molecule has 120 valence electrons. The minimum Gasteiger partial charge on any atom is -0.352 e. The van der Waals surface area contributed by atoms with Gasteiger partial charge >= 0.3 is 0 Å². The molecule has 1 N–H and O–H groups in total. The van der Waals surface area contributed by atoms with Gasteiger partial charge in [-0.1, -0.05) is 11.6 Å². The lowest BCUT2D eigenvalue weighted by Crippen LogP contribution is -2.26. The zero-order valence-electron chi connectivity index (χ0n) is 13.5. The highest BCUT2D eigenvalue weighted by Crippen LogP contribution is 2.13. The van der Waals surface area contributed by atoms with E-state index in [0.29, 0.717) is 17.1 Å². The number of amides is 1. The second kappa shape index (κ2) is 6.96. The normalized spacial score (nSPS) is 11.0. The Bertz CT molecular complexity index is 654. The van der Waals surface area contributed by atoms with E-state index in [-0.39, 0.29) is 5.91 Å². The molecule has 0 aliphatic carbocycles. The van der Waals surface area contributed by atoms with Crippen molar-refractivity contribution in [3.8, 4) is 0 Å². The molecule has 0 bridgehead atoms. The number of halogens is 1. The molecule has 0 aliphatic heterocycles. The molecule has 0 aliphatic rings. The lowest BCUT2D eigenvalue weighted by molar-refractivity contribution is 0.0951. The minimum absolute atomic E-state index is 0.0654. The van der Waals surface area contributed by atoms with Crippen molar-refractivity contribution in [3.63, 3.8) is 0 Å². The van der Waals surface area contributed by atoms with E-state index in [1.165, 1.54) is 0 Å². The van der Waals surface area contributed by atoms with Crippen molar-refractivity contribution in [2.45, 2.75) is 47.2 Å². The number of carbonyl (C=O) groups excluding carboxylic acids is 1. The molecule has 1 amide bonds. The fraction of sp³-hybridized carbons (Fsp3) is 0.533. The maximum absolute atomic E-state index is 12.3. The molecule has 0 spiro atoms. The summed E-state index contributed by atoms with van der Waals surface area (Å²) >= 11 is 5.96. The molecule has 0 saturated heterocycles. The third-order valence-corrected chi connectivity index (χ3v) is 4.02. The van der Waals surface area contributed by atoms with Crippen LogP contribution in [0.15, 0.2) is 6.20 Å². The second-order valence-corrected chi connectivity index (χ2v) is 5.70. The van der Waals surface area contributed by atoms with Gasteiger partial charge in [0.15, 0.2) is 0 Å². The third-order valence-electron chi connectivity index (χ3n) is 3.64. The summed E-state index contributed by atoms with van der Waals surface area (Å²) in [6, 6.07) is 0. The Morgan fingerprint density at radius 1 is 1.27 bits per heavy atom. The van der Waals surface area contributed by atoms with Crippen LogP contribution in [-0.2, 0) is 13.1 Å². The standard InChI is InChI=1S/C15H22ClN5O/c1-5-21-12(4)14(11(3)19-21)15(22)17-7-6-8-20-9-13(16)10(2)18-20/h9H,5-8H2,1-4H3,(H,17,22). The van der Waals surface area contributed by atoms with Crippen molar-refractivity contribution in [3.05, 3.63) is 33.9 Å². The van der Waals surface area contributed by atoms with Crippen LogP contribution in [0.2, 0.25) is 5.02 Å². The Morgan fingerprint density at radius 2 is 2.00 bits per heavy atom. The van der Waals surface area contributed by atoms with E-state index in [9.17, 15) is 4.79 Å². The van der Waals surface area contributed by atoms with Gasteiger partial charge in [0.2, 0.25) is 0 Å². The van der Waals surface area contributed by atoms with Crippen LogP contribution in [0.3, 0.4) is 0 Å². The van der Waals surface area contributed by atoms with Crippen LogP contribution in [0.4, 0.5) is 0 Å². The molecular weight excluding hydrogens is 302 g/mol. The number of nitrogens with zero attached hydrogens (tertiary/aromatic N) is 4. The van der Waals surface area contributed by atoms with Gasteiger partial charge < -0.3 is 5.32 Å². The van der Waals surface area contributed by atoms with E-state index in [1.54, 1.807) is 10.9 Å². The monoisotopic (exact) mass is 323 g/mol. The van der Waals surface area contributed by atoms with Crippen LogP contribution in [0.5, 0.6) is 0 Å². The summed E-state index contributed by atoms with van der Waals surface area (Å²) < 4.78 is 3.65. The van der Waals surface area contributed by atoms with E-state index in [4.69, 9.17) is 11.6 Å². The average molecular weight is 324 g/mol. The minimum atomic E-state index is -0.0654. The Hall–Kier alpha value is -1.82. The summed E-state index contributed by atoms with van der Waals surface area (Å²) in [5, 5.41) is 12.3. The largest absolute Gasteiger partial charge is 0.352 e. The highest BCUT2D eigenvalue weighted by Gasteiger charge is 2.17. The first-order valence-electron chi connectivity index (χ1n) is 7.45. The number of aromatic nitrogens is 4. The van der Waals surface area contributed by atoms with E-state index in [2.05, 4.69) is 15.5 Å². The van der Waals surface area contributed by atoms with Crippen molar-refractivity contribution in [1.29, 1.82) is 0 Å². The highest BCUT2D eigenvalue weighted by atomic mass is 35.5. The molecule has 0 unspecified atom stereocenters. The second-order valence-electron chi connectivity index (χ2n) is 5.30. The third kappa shape index (κ3) is 3.50. The van der Waals surface area contributed by atoms with E-state index < -0.39 is 0 Å². The van der Waals surface area contributed by atoms with E-state index in [0.717, 1.165) is 36.6 Å². The van der Waals surface area contributed by atoms with Crippen LogP contribution >= 0.6 is 11.6 Å². The summed E-state index contributed by atoms with van der Waals surface area (Å²) in [7, 11) is 0. The molecule has 2 aromatic heterocycles. The molecule has 0 aromatic carbocycles. The van der Waals surface area contributed by atoms with Gasteiger partial charge in [0.05, 0.1) is 22.0 Å². The molecule has 0 saturated carbocycles. The number of aryl methyl sites for hydroxylation is 4. The Labute approximate surface area is 135 Å². The summed E-state index contributed by atoms with van der Waals surface area (Å²) in [4.78, 5) is 12.3. The Morgan fingerprint density at radius 3 is 2.55 bits per heavy atom. The number of nitrogens with one attached hydrogen (secondary N) is 1. The van der Waals surface area contributed by atoms with Gasteiger partial charge in [0.1, 0.15) is 0 Å². The van der Waals surface area contributed by atoms with Gasteiger partial charge in [-0.3, -0.25) is 14.2 Å². The summed E-state index contributed by atoms with van der Waals surface area (Å²) in [6.45, 7) is 9.75. The van der Waals surface area contributed by atoms with Gasteiger partial charge in [-0.05, 0) is 34.1 Å². The molecule has 0 atom stereocenters. The molecule has 0 radical (unpaired) electrons. The van der Waals surface area contributed by atoms with Crippen molar-refractivity contribution in [2.75, 3.05) is 6.54 Å². The maximum atomic E-state index is 12.3. The van der Waals surface area contributed by atoms with Gasteiger partial charge in [0, 0.05) is 31.5 Å². The molecule has 2 aromatic rings. The lowest BCUT2D eigenvalue weighted by Gasteiger charge is -2.06. The molecule has 6 nitrogen and oxygen atoms in total. The fourth-order valence-electron chi connectivity index (χ4n) is 2.47. The summed E-state index contributed by atoms with van der Waals surface area (Å²) in [6.07, 6.45) is 2.60. The first-order chi connectivity index (χ1) is 10.4. The van der Waals surface area contributed by atoms with Crippen LogP contribution in [-0.4, -0.2) is 32.0 Å². The Balaban J connectivity index is 1.87. The quantitative estimate of drug-likeness (QED) is 0.831. The number of hydrogen-bond acceptors (Lipinski definition) is 3. The summed E-state index contributed by atoms with van der Waals surface area (Å²) in [5.41, 5.74) is 3.18. The van der Waals surface area contributed by atoms with Gasteiger partial charge in [-0.2, -0.15) is 10.2 Å². The lowest BCUT2D eigenvalue weighted by atomic mass is 10.2. The predicted molar refractivity (Wildman–Crippen MR) is 86.3 cm³/mol. The molecule has 7 heteroatoms. The number of hydrogen-bond donors (Lipinski definition) is 1. The molecular formula is C15H22ClN5O. The van der Waals surface area contributed by atoms with Crippen molar-refractivity contribution < 1.29 is 4.79 Å². The average Bonchev–Trinajstić information content (AvgIpc) is 2.94.